The van der Waals surface area contributed by atoms with Crippen molar-refractivity contribution in [1.29, 1.82) is 5.26 Å². The van der Waals surface area contributed by atoms with Crippen molar-refractivity contribution in [3.05, 3.63) is 35.7 Å². The molecule has 0 aliphatic carbocycles. The molecule has 0 bridgehead atoms. The molecule has 1 aromatic carbocycles. The van der Waals surface area contributed by atoms with E-state index in [1.165, 1.54) is 11.1 Å². The summed E-state index contributed by atoms with van der Waals surface area (Å²) in [6.07, 6.45) is 3.20. The van der Waals surface area contributed by atoms with Crippen LogP contribution in [0.15, 0.2) is 29.7 Å². The highest BCUT2D eigenvalue weighted by Crippen LogP contribution is 2.23. The standard InChI is InChI=1S/C14H16N4S/c1-11-5-6-13(12(2)9-11)18-10-16-17-14(18)19-8-4-3-7-15/h5-6,9-10H,3-4,8H2,1-2H3. The second-order valence-corrected chi connectivity index (χ2v) is 5.45. The molecule has 0 atom stereocenters. The van der Waals surface area contributed by atoms with Crippen LogP contribution >= 0.6 is 11.8 Å². The van der Waals surface area contributed by atoms with E-state index in [2.05, 4.69) is 48.3 Å². The first-order valence-electron chi connectivity index (χ1n) is 6.20. The average Bonchev–Trinajstić information content (AvgIpc) is 2.83. The van der Waals surface area contributed by atoms with E-state index in [0.29, 0.717) is 6.42 Å². The molecule has 5 heteroatoms. The first-order valence-corrected chi connectivity index (χ1v) is 7.18. The van der Waals surface area contributed by atoms with E-state index < -0.39 is 0 Å². The summed E-state index contributed by atoms with van der Waals surface area (Å²) in [5, 5.41) is 17.5. The van der Waals surface area contributed by atoms with E-state index >= 15 is 0 Å². The molecule has 2 aromatic rings. The van der Waals surface area contributed by atoms with Gasteiger partial charge in [0.15, 0.2) is 5.16 Å². The highest BCUT2D eigenvalue weighted by atomic mass is 32.2. The largest absolute Gasteiger partial charge is 0.276 e. The van der Waals surface area contributed by atoms with Crippen molar-refractivity contribution in [1.82, 2.24) is 14.8 Å². The maximum atomic E-state index is 8.53. The van der Waals surface area contributed by atoms with Crippen LogP contribution in [0, 0.1) is 25.2 Å². The number of aryl methyl sites for hydroxylation is 2. The van der Waals surface area contributed by atoms with E-state index in [9.17, 15) is 0 Å². The summed E-state index contributed by atoms with van der Waals surface area (Å²) >= 11 is 1.64. The lowest BCUT2D eigenvalue weighted by Gasteiger charge is -2.09. The number of hydrogen-bond acceptors (Lipinski definition) is 4. The van der Waals surface area contributed by atoms with Crippen LogP contribution in [0.4, 0.5) is 0 Å². The van der Waals surface area contributed by atoms with Crippen molar-refractivity contribution in [3.8, 4) is 11.8 Å². The lowest BCUT2D eigenvalue weighted by molar-refractivity contribution is 0.872. The van der Waals surface area contributed by atoms with Gasteiger partial charge in [-0.15, -0.1) is 10.2 Å². The van der Waals surface area contributed by atoms with Gasteiger partial charge in [0.1, 0.15) is 6.33 Å². The van der Waals surface area contributed by atoms with Crippen molar-refractivity contribution in [2.75, 3.05) is 5.75 Å². The third kappa shape index (κ3) is 3.36. The van der Waals surface area contributed by atoms with Crippen molar-refractivity contribution >= 4 is 11.8 Å². The minimum atomic E-state index is 0.588. The molecule has 98 valence electrons. The molecule has 0 aliphatic rings. The second kappa shape index (κ2) is 6.39. The first-order chi connectivity index (χ1) is 9.22. The highest BCUT2D eigenvalue weighted by Gasteiger charge is 2.09. The molecule has 0 spiro atoms. The van der Waals surface area contributed by atoms with Crippen molar-refractivity contribution in [2.45, 2.75) is 31.8 Å². The van der Waals surface area contributed by atoms with Gasteiger partial charge < -0.3 is 0 Å². The summed E-state index contributed by atoms with van der Waals surface area (Å²) in [4.78, 5) is 0. The van der Waals surface area contributed by atoms with Gasteiger partial charge in [-0.3, -0.25) is 4.57 Å². The van der Waals surface area contributed by atoms with E-state index in [4.69, 9.17) is 5.26 Å². The lowest BCUT2D eigenvalue weighted by atomic mass is 10.1. The number of rotatable bonds is 5. The zero-order valence-electron chi connectivity index (χ0n) is 11.1. The number of unbranched alkanes of at least 4 members (excludes halogenated alkanes) is 1. The van der Waals surface area contributed by atoms with Crippen LogP contribution in [0.1, 0.15) is 24.0 Å². The summed E-state index contributed by atoms with van der Waals surface area (Å²) < 4.78 is 2.01. The summed E-state index contributed by atoms with van der Waals surface area (Å²) in [5.74, 6) is 0.886. The highest BCUT2D eigenvalue weighted by molar-refractivity contribution is 7.99. The molecule has 1 aromatic heterocycles. The number of hydrogen-bond donors (Lipinski definition) is 0. The first kappa shape index (κ1) is 13.6. The number of thioether (sulfide) groups is 1. The molecule has 0 saturated heterocycles. The molecule has 0 aliphatic heterocycles. The van der Waals surface area contributed by atoms with E-state index in [-0.39, 0.29) is 0 Å². The molecule has 0 fully saturated rings. The fraction of sp³-hybridized carbons (Fsp3) is 0.357. The molecule has 0 radical (unpaired) electrons. The van der Waals surface area contributed by atoms with E-state index in [1.54, 1.807) is 18.1 Å². The van der Waals surface area contributed by atoms with Gasteiger partial charge in [0.2, 0.25) is 0 Å². The smallest absolute Gasteiger partial charge is 0.195 e. The molecular formula is C14H16N4S. The Labute approximate surface area is 117 Å². The molecule has 19 heavy (non-hydrogen) atoms. The molecule has 4 nitrogen and oxygen atoms in total. The van der Waals surface area contributed by atoms with Gasteiger partial charge in [0.25, 0.3) is 0 Å². The van der Waals surface area contributed by atoms with Crippen LogP contribution < -0.4 is 0 Å². The van der Waals surface area contributed by atoms with Crippen molar-refractivity contribution in [3.63, 3.8) is 0 Å². The Morgan fingerprint density at radius 2 is 2.21 bits per heavy atom. The monoisotopic (exact) mass is 272 g/mol. The van der Waals surface area contributed by atoms with Crippen LogP contribution in [0.3, 0.4) is 0 Å². The Morgan fingerprint density at radius 1 is 1.37 bits per heavy atom. The number of nitriles is 1. The fourth-order valence-corrected chi connectivity index (χ4v) is 2.74. The van der Waals surface area contributed by atoms with Gasteiger partial charge >= 0.3 is 0 Å². The van der Waals surface area contributed by atoms with Crippen LogP contribution in [-0.2, 0) is 0 Å². The number of aromatic nitrogens is 3. The molecule has 0 amide bonds. The van der Waals surface area contributed by atoms with E-state index in [0.717, 1.165) is 23.0 Å². The van der Waals surface area contributed by atoms with Gasteiger partial charge in [0.05, 0.1) is 11.8 Å². The fourth-order valence-electron chi connectivity index (χ4n) is 1.88. The quantitative estimate of drug-likeness (QED) is 0.619. The zero-order chi connectivity index (χ0) is 13.7. The summed E-state index contributed by atoms with van der Waals surface area (Å²) in [5.41, 5.74) is 3.56. The van der Waals surface area contributed by atoms with Crippen LogP contribution in [0.25, 0.3) is 5.69 Å². The average molecular weight is 272 g/mol. The Bertz CT molecular complexity index is 598. The Hall–Kier alpha value is -1.80. The predicted octanol–water partition coefficient (Wildman–Crippen LogP) is 3.28. The Kier molecular flexibility index (Phi) is 4.58. The lowest BCUT2D eigenvalue weighted by Crippen LogP contribution is -1.98. The molecule has 0 saturated carbocycles. The van der Waals surface area contributed by atoms with Gasteiger partial charge in [-0.05, 0) is 31.9 Å². The minimum absolute atomic E-state index is 0.588. The second-order valence-electron chi connectivity index (χ2n) is 4.38. The predicted molar refractivity (Wildman–Crippen MR) is 76.4 cm³/mol. The molecular weight excluding hydrogens is 256 g/mol. The Balaban J connectivity index is 2.17. The van der Waals surface area contributed by atoms with Crippen LogP contribution in [-0.4, -0.2) is 20.5 Å². The molecule has 2 rings (SSSR count). The van der Waals surface area contributed by atoms with Gasteiger partial charge in [0, 0.05) is 12.2 Å². The van der Waals surface area contributed by atoms with Crippen LogP contribution in [0.5, 0.6) is 0 Å². The SMILES string of the molecule is Cc1ccc(-n2cnnc2SCCCC#N)c(C)c1. The van der Waals surface area contributed by atoms with Gasteiger partial charge in [-0.1, -0.05) is 29.5 Å². The molecule has 1 heterocycles. The van der Waals surface area contributed by atoms with Crippen molar-refractivity contribution in [2.24, 2.45) is 0 Å². The number of benzene rings is 1. The maximum absolute atomic E-state index is 8.53. The summed E-state index contributed by atoms with van der Waals surface area (Å²) in [7, 11) is 0. The number of nitrogens with zero attached hydrogens (tertiary/aromatic N) is 4. The van der Waals surface area contributed by atoms with Gasteiger partial charge in [-0.25, -0.2) is 0 Å². The zero-order valence-corrected chi connectivity index (χ0v) is 11.9. The minimum Gasteiger partial charge on any atom is -0.276 e. The summed E-state index contributed by atoms with van der Waals surface area (Å²) in [6.45, 7) is 4.17. The third-order valence-electron chi connectivity index (χ3n) is 2.79. The Morgan fingerprint density at radius 3 is 2.95 bits per heavy atom. The third-order valence-corrected chi connectivity index (χ3v) is 3.82. The van der Waals surface area contributed by atoms with E-state index in [1.807, 2.05) is 4.57 Å². The maximum Gasteiger partial charge on any atom is 0.195 e. The topological polar surface area (TPSA) is 54.5 Å². The van der Waals surface area contributed by atoms with Crippen molar-refractivity contribution < 1.29 is 0 Å². The summed E-state index contributed by atoms with van der Waals surface area (Å²) in [6, 6.07) is 8.49. The molecule has 0 unspecified atom stereocenters. The van der Waals surface area contributed by atoms with Gasteiger partial charge in [-0.2, -0.15) is 5.26 Å². The normalized spacial score (nSPS) is 10.4. The molecule has 0 N–H and O–H groups in total. The van der Waals surface area contributed by atoms with Crippen LogP contribution in [0.2, 0.25) is 0 Å².